The Morgan fingerprint density at radius 2 is 1.83 bits per heavy atom. The average molecular weight is 412 g/mol. The lowest BCUT2D eigenvalue weighted by atomic mass is 10.1. The van der Waals surface area contributed by atoms with Crippen molar-refractivity contribution in [1.29, 1.82) is 0 Å². The summed E-state index contributed by atoms with van der Waals surface area (Å²) in [5, 5.41) is 30.3. The maximum Gasteiger partial charge on any atom is 0.337 e. The topological polar surface area (TPSA) is 169 Å². The van der Waals surface area contributed by atoms with Crippen LogP contribution in [-0.2, 0) is 0 Å². The van der Waals surface area contributed by atoms with Gasteiger partial charge in [0.05, 0.1) is 16.2 Å². The second kappa shape index (κ2) is 7.82. The Bertz CT molecular complexity index is 1210. The second-order valence-electron chi connectivity index (χ2n) is 5.64. The van der Waals surface area contributed by atoms with Crippen molar-refractivity contribution < 1.29 is 14.8 Å². The second-order valence-corrected chi connectivity index (χ2v) is 6.06. The van der Waals surface area contributed by atoms with E-state index in [1.165, 1.54) is 42.5 Å². The molecule has 0 saturated heterocycles. The first-order valence-electron chi connectivity index (χ1n) is 7.93. The minimum atomic E-state index is -1.20. The van der Waals surface area contributed by atoms with Gasteiger partial charge in [-0.3, -0.25) is 20.0 Å². The van der Waals surface area contributed by atoms with Crippen LogP contribution in [0.1, 0.15) is 10.4 Å². The molecule has 0 fully saturated rings. The number of benzene rings is 2. The number of aromatic nitrogens is 2. The van der Waals surface area contributed by atoms with E-state index in [0.29, 0.717) is 5.56 Å². The highest BCUT2D eigenvalue weighted by molar-refractivity contribution is 7.80. The molecule has 1 heterocycles. The van der Waals surface area contributed by atoms with E-state index in [-0.39, 0.29) is 33.4 Å². The molecule has 29 heavy (non-hydrogen) atoms. The third-order valence-corrected chi connectivity index (χ3v) is 4.03. The summed E-state index contributed by atoms with van der Waals surface area (Å²) >= 11 is 4.83. The molecule has 146 valence electrons. The molecule has 12 heteroatoms. The molecule has 0 bridgehead atoms. The zero-order valence-electron chi connectivity index (χ0n) is 14.5. The van der Waals surface area contributed by atoms with E-state index < -0.39 is 16.5 Å². The summed E-state index contributed by atoms with van der Waals surface area (Å²) in [4.78, 5) is 34.2. The summed E-state index contributed by atoms with van der Waals surface area (Å²) in [6.07, 6.45) is 0. The Hall–Kier alpha value is -4.19. The van der Waals surface area contributed by atoms with Gasteiger partial charge < -0.3 is 10.8 Å². The van der Waals surface area contributed by atoms with Gasteiger partial charge in [0, 0.05) is 17.7 Å². The van der Waals surface area contributed by atoms with Gasteiger partial charge in [0.15, 0.2) is 10.8 Å². The number of non-ortho nitro benzene ring substituents is 1. The Morgan fingerprint density at radius 1 is 1.17 bits per heavy atom. The number of hydrogen-bond donors (Lipinski definition) is 3. The third-order valence-electron chi connectivity index (χ3n) is 3.85. The van der Waals surface area contributed by atoms with Crippen LogP contribution in [-0.4, -0.2) is 30.9 Å². The number of nitro groups is 1. The van der Waals surface area contributed by atoms with Gasteiger partial charge in [0.25, 0.3) is 5.69 Å². The quantitative estimate of drug-likeness (QED) is 0.250. The van der Waals surface area contributed by atoms with Gasteiger partial charge in [-0.15, -0.1) is 10.2 Å². The number of nitrogens with zero attached hydrogens (tertiary/aromatic N) is 4. The minimum Gasteiger partial charge on any atom is -0.478 e. The minimum absolute atomic E-state index is 0.0390. The van der Waals surface area contributed by atoms with Crippen molar-refractivity contribution in [2.75, 3.05) is 0 Å². The maximum atomic E-state index is 12.6. The van der Waals surface area contributed by atoms with Gasteiger partial charge in [0.2, 0.25) is 0 Å². The molecule has 0 spiro atoms. The number of H-pyrrole nitrogens is 1. The summed E-state index contributed by atoms with van der Waals surface area (Å²) < 4.78 is 0.865. The molecule has 1 aromatic heterocycles. The summed E-state index contributed by atoms with van der Waals surface area (Å²) in [5.41, 5.74) is 5.00. The van der Waals surface area contributed by atoms with Crippen LogP contribution in [0, 0.1) is 10.1 Å². The lowest BCUT2D eigenvalue weighted by Gasteiger charge is -2.00. The molecule has 0 atom stereocenters. The van der Waals surface area contributed by atoms with Crippen LogP contribution < -0.4 is 11.3 Å². The van der Waals surface area contributed by atoms with Gasteiger partial charge in [-0.05, 0) is 36.5 Å². The van der Waals surface area contributed by atoms with E-state index in [1.807, 2.05) is 0 Å². The van der Waals surface area contributed by atoms with Gasteiger partial charge >= 0.3 is 11.5 Å². The Labute approximate surface area is 167 Å². The molecule has 3 rings (SSSR count). The summed E-state index contributed by atoms with van der Waals surface area (Å²) in [6.45, 7) is 0. The lowest BCUT2D eigenvalue weighted by molar-refractivity contribution is -0.384. The number of carboxylic acid groups (broad SMARTS) is 1. The molecule has 3 aromatic rings. The van der Waals surface area contributed by atoms with Crippen molar-refractivity contribution in [3.63, 3.8) is 0 Å². The van der Waals surface area contributed by atoms with E-state index in [4.69, 9.17) is 18.0 Å². The molecule has 0 radical (unpaired) electrons. The number of aromatic carboxylic acids is 1. The Balaban J connectivity index is 2.13. The van der Waals surface area contributed by atoms with Crippen LogP contribution in [0.15, 0.2) is 63.6 Å². The van der Waals surface area contributed by atoms with Gasteiger partial charge in [-0.2, -0.15) is 4.68 Å². The number of nitro benzene ring substituents is 1. The van der Waals surface area contributed by atoms with Crippen LogP contribution >= 0.6 is 12.2 Å². The fourth-order valence-corrected chi connectivity index (χ4v) is 2.60. The van der Waals surface area contributed by atoms with E-state index in [9.17, 15) is 24.8 Å². The number of carbonyl (C=O) groups is 1. The normalized spacial score (nSPS) is 10.9. The maximum absolute atomic E-state index is 12.6. The fourth-order valence-electron chi connectivity index (χ4n) is 2.47. The summed E-state index contributed by atoms with van der Waals surface area (Å²) in [7, 11) is 0. The molecule has 0 aliphatic rings. The van der Waals surface area contributed by atoms with Crippen LogP contribution in [0.25, 0.3) is 11.3 Å². The van der Waals surface area contributed by atoms with E-state index >= 15 is 0 Å². The first-order chi connectivity index (χ1) is 13.8. The molecule has 0 unspecified atom stereocenters. The fraction of sp³-hybridized carbons (Fsp3) is 0. The molecule has 0 amide bonds. The van der Waals surface area contributed by atoms with Crippen molar-refractivity contribution in [1.82, 2.24) is 9.78 Å². The smallest absolute Gasteiger partial charge is 0.337 e. The molecular formula is C17H12N6O5S. The highest BCUT2D eigenvalue weighted by Crippen LogP contribution is 2.29. The number of rotatable bonds is 5. The van der Waals surface area contributed by atoms with Gasteiger partial charge in [0.1, 0.15) is 5.69 Å². The van der Waals surface area contributed by atoms with Crippen molar-refractivity contribution in [3.05, 3.63) is 74.6 Å². The Morgan fingerprint density at radius 3 is 2.41 bits per heavy atom. The number of nitrogens with one attached hydrogen (secondary N) is 1. The molecule has 0 aliphatic heterocycles. The number of aromatic amines is 1. The first-order valence-corrected chi connectivity index (χ1v) is 8.34. The SMILES string of the molecule is NC(=S)n1[nH]c(-c2ccc([N+](=O)[O-])cc2)c(N=Nc2ccccc2C(=O)O)c1=O. The number of nitrogens with two attached hydrogens (primary N) is 1. The van der Waals surface area contributed by atoms with Crippen LogP contribution in [0.4, 0.5) is 17.1 Å². The molecule has 0 aliphatic carbocycles. The largest absolute Gasteiger partial charge is 0.478 e. The zero-order chi connectivity index (χ0) is 21.1. The standard InChI is InChI=1S/C17H12N6O5S/c18-17(29)22-15(24)14(20-19-12-4-2-1-3-11(12)16(25)26)13(21-22)9-5-7-10(8-6-9)23(27)28/h1-8,21H,(H2,18,29)(H,25,26). The first kappa shape index (κ1) is 19.6. The number of thiocarbonyl (C=S) groups is 1. The molecular weight excluding hydrogens is 400 g/mol. The van der Waals surface area contributed by atoms with Crippen molar-refractivity contribution in [3.8, 4) is 11.3 Å². The molecule has 11 nitrogen and oxygen atoms in total. The van der Waals surface area contributed by atoms with Crippen molar-refractivity contribution >= 4 is 40.4 Å². The molecule has 4 N–H and O–H groups in total. The lowest BCUT2D eigenvalue weighted by Crippen LogP contribution is -2.29. The number of azo groups is 1. The van der Waals surface area contributed by atoms with Crippen LogP contribution in [0.3, 0.4) is 0 Å². The van der Waals surface area contributed by atoms with Crippen molar-refractivity contribution in [2.24, 2.45) is 16.0 Å². The summed E-state index contributed by atoms with van der Waals surface area (Å²) in [5.74, 6) is -1.20. The van der Waals surface area contributed by atoms with E-state index in [1.54, 1.807) is 6.07 Å². The van der Waals surface area contributed by atoms with Crippen LogP contribution in [0.2, 0.25) is 0 Å². The highest BCUT2D eigenvalue weighted by atomic mass is 32.1. The van der Waals surface area contributed by atoms with Crippen molar-refractivity contribution in [2.45, 2.75) is 0 Å². The number of carboxylic acids is 1. The monoisotopic (exact) mass is 412 g/mol. The number of hydrogen-bond acceptors (Lipinski definition) is 7. The van der Waals surface area contributed by atoms with Crippen LogP contribution in [0.5, 0.6) is 0 Å². The van der Waals surface area contributed by atoms with E-state index in [2.05, 4.69) is 15.3 Å². The Kier molecular flexibility index (Phi) is 5.27. The third kappa shape index (κ3) is 3.91. The summed E-state index contributed by atoms with van der Waals surface area (Å²) in [6, 6.07) is 11.2. The van der Waals surface area contributed by atoms with Gasteiger partial charge in [-0.25, -0.2) is 4.79 Å². The predicted molar refractivity (Wildman–Crippen MR) is 107 cm³/mol. The molecule has 2 aromatic carbocycles. The van der Waals surface area contributed by atoms with Gasteiger partial charge in [-0.1, -0.05) is 12.1 Å². The predicted octanol–water partition coefficient (Wildman–Crippen LogP) is 2.96. The zero-order valence-corrected chi connectivity index (χ0v) is 15.3. The molecule has 0 saturated carbocycles. The highest BCUT2D eigenvalue weighted by Gasteiger charge is 2.18. The van der Waals surface area contributed by atoms with E-state index in [0.717, 1.165) is 4.68 Å². The average Bonchev–Trinajstić information content (AvgIpc) is 3.03.